The van der Waals surface area contributed by atoms with Crippen molar-refractivity contribution >= 4 is 0 Å². The minimum atomic E-state index is -0.766. The number of nitrogens with two attached hydrogens (primary N) is 1. The lowest BCUT2D eigenvalue weighted by molar-refractivity contribution is 0.181. The number of rotatable bonds is 3. The average molecular weight is 211 g/mol. The molecular weight excluding hydrogens is 194 g/mol. The fourth-order valence-corrected chi connectivity index (χ4v) is 1.63. The predicted octanol–water partition coefficient (Wildman–Crippen LogP) is 1.01. The lowest BCUT2D eigenvalue weighted by Crippen LogP contribution is -2.13. The number of phenolic OH excluding ortho intramolecular Hbond substituents is 1. The Bertz CT molecular complexity index is 363. The van der Waals surface area contributed by atoms with E-state index in [4.69, 9.17) is 10.5 Å². The molecule has 0 aliphatic rings. The third-order valence-electron chi connectivity index (χ3n) is 2.49. The van der Waals surface area contributed by atoms with Crippen LogP contribution in [-0.2, 0) is 0 Å². The van der Waals surface area contributed by atoms with E-state index in [-0.39, 0.29) is 12.3 Å². The molecule has 1 atom stereocenters. The fourth-order valence-electron chi connectivity index (χ4n) is 1.63. The van der Waals surface area contributed by atoms with Crippen LogP contribution >= 0.6 is 0 Å². The van der Waals surface area contributed by atoms with E-state index in [2.05, 4.69) is 0 Å². The van der Waals surface area contributed by atoms with E-state index >= 15 is 0 Å². The highest BCUT2D eigenvalue weighted by atomic mass is 16.5. The Balaban J connectivity index is 3.38. The summed E-state index contributed by atoms with van der Waals surface area (Å²) in [7, 11) is 1.50. The van der Waals surface area contributed by atoms with Gasteiger partial charge in [-0.3, -0.25) is 0 Å². The van der Waals surface area contributed by atoms with E-state index in [1.165, 1.54) is 7.11 Å². The molecule has 0 saturated carbocycles. The number of aryl methyl sites for hydroxylation is 1. The monoisotopic (exact) mass is 211 g/mol. The van der Waals surface area contributed by atoms with Crippen molar-refractivity contribution in [3.8, 4) is 11.5 Å². The second kappa shape index (κ2) is 4.51. The number of aliphatic hydroxyl groups excluding tert-OH is 1. The Hall–Kier alpha value is -1.26. The summed E-state index contributed by atoms with van der Waals surface area (Å²) in [6.07, 6.45) is -0.766. The number of aromatic hydroxyl groups is 1. The van der Waals surface area contributed by atoms with Crippen molar-refractivity contribution in [1.29, 1.82) is 0 Å². The maximum atomic E-state index is 9.70. The van der Waals surface area contributed by atoms with Gasteiger partial charge in [-0.05, 0) is 25.5 Å². The van der Waals surface area contributed by atoms with Gasteiger partial charge >= 0.3 is 0 Å². The van der Waals surface area contributed by atoms with Crippen LogP contribution in [0.25, 0.3) is 0 Å². The molecule has 0 aromatic heterocycles. The van der Waals surface area contributed by atoms with E-state index in [0.717, 1.165) is 0 Å². The number of phenols is 1. The van der Waals surface area contributed by atoms with Crippen LogP contribution in [0.15, 0.2) is 6.07 Å². The quantitative estimate of drug-likeness (QED) is 0.697. The van der Waals surface area contributed by atoms with Gasteiger partial charge in [0, 0.05) is 17.7 Å². The lowest BCUT2D eigenvalue weighted by Gasteiger charge is -2.17. The van der Waals surface area contributed by atoms with E-state index in [1.54, 1.807) is 19.9 Å². The Morgan fingerprint density at radius 2 is 2.07 bits per heavy atom. The highest BCUT2D eigenvalue weighted by molar-refractivity contribution is 5.53. The number of benzene rings is 1. The van der Waals surface area contributed by atoms with Gasteiger partial charge in [0.25, 0.3) is 0 Å². The van der Waals surface area contributed by atoms with Gasteiger partial charge in [0.15, 0.2) is 0 Å². The molecule has 0 bridgehead atoms. The molecule has 0 fully saturated rings. The van der Waals surface area contributed by atoms with Gasteiger partial charge in [0.1, 0.15) is 11.5 Å². The minimum Gasteiger partial charge on any atom is -0.507 e. The summed E-state index contributed by atoms with van der Waals surface area (Å²) in [5.74, 6) is 0.691. The number of hydrogen-bond acceptors (Lipinski definition) is 4. The molecule has 0 aliphatic carbocycles. The first-order valence-corrected chi connectivity index (χ1v) is 4.78. The maximum absolute atomic E-state index is 9.70. The summed E-state index contributed by atoms with van der Waals surface area (Å²) < 4.78 is 5.16. The molecule has 0 heterocycles. The van der Waals surface area contributed by atoms with Crippen molar-refractivity contribution in [2.45, 2.75) is 20.0 Å². The predicted molar refractivity (Wildman–Crippen MR) is 58.1 cm³/mol. The summed E-state index contributed by atoms with van der Waals surface area (Å²) in [5, 5.41) is 19.4. The van der Waals surface area contributed by atoms with E-state index in [9.17, 15) is 10.2 Å². The molecule has 4 heteroatoms. The molecule has 4 N–H and O–H groups in total. The van der Waals surface area contributed by atoms with Crippen molar-refractivity contribution in [2.24, 2.45) is 5.73 Å². The van der Waals surface area contributed by atoms with Crippen LogP contribution in [0.5, 0.6) is 11.5 Å². The molecule has 1 aromatic rings. The van der Waals surface area contributed by atoms with Crippen LogP contribution in [0.3, 0.4) is 0 Å². The van der Waals surface area contributed by atoms with Crippen molar-refractivity contribution in [3.63, 3.8) is 0 Å². The van der Waals surface area contributed by atoms with Gasteiger partial charge < -0.3 is 20.7 Å². The minimum absolute atomic E-state index is 0.125. The zero-order valence-corrected chi connectivity index (χ0v) is 9.24. The smallest absolute Gasteiger partial charge is 0.131 e. The number of aliphatic hydroxyl groups is 1. The lowest BCUT2D eigenvalue weighted by atomic mass is 10.00. The molecule has 0 aliphatic heterocycles. The zero-order valence-electron chi connectivity index (χ0n) is 9.24. The van der Waals surface area contributed by atoms with Gasteiger partial charge in [0.2, 0.25) is 0 Å². The number of methoxy groups -OCH3 is 1. The Morgan fingerprint density at radius 3 is 2.53 bits per heavy atom. The highest BCUT2D eigenvalue weighted by Gasteiger charge is 2.17. The van der Waals surface area contributed by atoms with Crippen LogP contribution < -0.4 is 10.5 Å². The summed E-state index contributed by atoms with van der Waals surface area (Å²) in [4.78, 5) is 0. The summed E-state index contributed by atoms with van der Waals surface area (Å²) in [6.45, 7) is 3.64. The summed E-state index contributed by atoms with van der Waals surface area (Å²) in [5.41, 5.74) is 7.35. The van der Waals surface area contributed by atoms with Crippen molar-refractivity contribution in [3.05, 3.63) is 22.8 Å². The van der Waals surface area contributed by atoms with Gasteiger partial charge in [-0.15, -0.1) is 0 Å². The second-order valence-corrected chi connectivity index (χ2v) is 3.54. The molecule has 15 heavy (non-hydrogen) atoms. The first kappa shape index (κ1) is 11.8. The first-order valence-electron chi connectivity index (χ1n) is 4.78. The molecule has 0 amide bonds. The van der Waals surface area contributed by atoms with E-state index in [1.807, 2.05) is 0 Å². The Labute approximate surface area is 89.3 Å². The van der Waals surface area contributed by atoms with Crippen molar-refractivity contribution in [2.75, 3.05) is 13.7 Å². The zero-order chi connectivity index (χ0) is 11.6. The van der Waals surface area contributed by atoms with Gasteiger partial charge in [-0.1, -0.05) is 0 Å². The fraction of sp³-hybridized carbons (Fsp3) is 0.455. The number of hydrogen-bond donors (Lipinski definition) is 3. The molecule has 1 rings (SSSR count). The molecule has 0 saturated heterocycles. The average Bonchev–Trinajstić information content (AvgIpc) is 2.24. The topological polar surface area (TPSA) is 75.7 Å². The Kier molecular flexibility index (Phi) is 3.55. The maximum Gasteiger partial charge on any atom is 0.131 e. The summed E-state index contributed by atoms with van der Waals surface area (Å²) >= 11 is 0. The van der Waals surface area contributed by atoms with Gasteiger partial charge in [0.05, 0.1) is 13.2 Å². The van der Waals surface area contributed by atoms with Crippen molar-refractivity contribution in [1.82, 2.24) is 0 Å². The highest BCUT2D eigenvalue weighted by Crippen LogP contribution is 2.36. The summed E-state index contributed by atoms with van der Waals surface area (Å²) in [6, 6.07) is 1.69. The van der Waals surface area contributed by atoms with Gasteiger partial charge in [-0.25, -0.2) is 0 Å². The van der Waals surface area contributed by atoms with Crippen molar-refractivity contribution < 1.29 is 14.9 Å². The van der Waals surface area contributed by atoms with E-state index in [0.29, 0.717) is 22.4 Å². The molecule has 4 nitrogen and oxygen atoms in total. The third kappa shape index (κ3) is 2.06. The molecular formula is C11H17NO3. The standard InChI is InChI=1S/C11H17NO3/c1-6-4-8(9(13)5-12)11(15-3)7(2)10(6)14/h4,9,13-14H,5,12H2,1-3H3. The second-order valence-electron chi connectivity index (χ2n) is 3.54. The molecule has 0 spiro atoms. The third-order valence-corrected chi connectivity index (χ3v) is 2.49. The SMILES string of the molecule is COc1c(C(O)CN)cc(C)c(O)c1C. The number of ether oxygens (including phenoxy) is 1. The Morgan fingerprint density at radius 1 is 1.47 bits per heavy atom. The normalized spacial score (nSPS) is 12.6. The van der Waals surface area contributed by atoms with Gasteiger partial charge in [-0.2, -0.15) is 0 Å². The van der Waals surface area contributed by atoms with Crippen LogP contribution in [-0.4, -0.2) is 23.9 Å². The molecule has 0 radical (unpaired) electrons. The first-order chi connectivity index (χ1) is 7.02. The van der Waals surface area contributed by atoms with Crippen LogP contribution in [0.4, 0.5) is 0 Å². The molecule has 84 valence electrons. The molecule has 1 aromatic carbocycles. The van der Waals surface area contributed by atoms with Crippen LogP contribution in [0, 0.1) is 13.8 Å². The van der Waals surface area contributed by atoms with Crippen LogP contribution in [0.1, 0.15) is 22.8 Å². The largest absolute Gasteiger partial charge is 0.507 e. The van der Waals surface area contributed by atoms with Crippen LogP contribution in [0.2, 0.25) is 0 Å². The molecule has 1 unspecified atom stereocenters. The van der Waals surface area contributed by atoms with E-state index < -0.39 is 6.10 Å².